The van der Waals surface area contributed by atoms with E-state index in [0.717, 1.165) is 19.3 Å². The van der Waals surface area contributed by atoms with Crippen molar-refractivity contribution in [1.82, 2.24) is 15.5 Å². The Labute approximate surface area is 192 Å². The molecule has 0 aromatic heterocycles. The number of carbonyl (C=O) groups is 2. The summed E-state index contributed by atoms with van der Waals surface area (Å²) < 4.78 is 24.4. The van der Waals surface area contributed by atoms with Crippen LogP contribution in [-0.2, 0) is 9.59 Å². The number of piperidine rings is 1. The number of primary amides is 1. The molecular weight excluding hydrogens is 429 g/mol. The summed E-state index contributed by atoms with van der Waals surface area (Å²) in [7, 11) is 2.61. The molecule has 2 heterocycles. The number of hydrogen-bond donors (Lipinski definition) is 4. The molecule has 178 valence electrons. The van der Waals surface area contributed by atoms with Crippen molar-refractivity contribution in [1.29, 1.82) is 5.41 Å². The summed E-state index contributed by atoms with van der Waals surface area (Å²) in [5.74, 6) is -1.09. The van der Waals surface area contributed by atoms with Crippen LogP contribution in [0, 0.1) is 17.1 Å². The molecule has 2 fully saturated rings. The number of likely N-dealkylation sites (tertiary alicyclic amines) is 1. The Morgan fingerprint density at radius 3 is 2.33 bits per heavy atom. The fourth-order valence-electron chi connectivity index (χ4n) is 4.36. The lowest BCUT2D eigenvalue weighted by atomic mass is 9.86. The van der Waals surface area contributed by atoms with E-state index >= 15 is 0 Å². The van der Waals surface area contributed by atoms with E-state index in [1.54, 1.807) is 4.90 Å². The van der Waals surface area contributed by atoms with Crippen LogP contribution in [-0.4, -0.2) is 62.3 Å². The van der Waals surface area contributed by atoms with E-state index < -0.39 is 11.7 Å². The van der Waals surface area contributed by atoms with E-state index in [-0.39, 0.29) is 40.3 Å². The van der Waals surface area contributed by atoms with E-state index in [1.807, 2.05) is 0 Å². The van der Waals surface area contributed by atoms with Crippen LogP contribution in [0.5, 0.6) is 11.5 Å². The smallest absolute Gasteiger partial charge is 0.254 e. The molecule has 1 aromatic rings. The summed E-state index contributed by atoms with van der Waals surface area (Å²) >= 11 is 0. The van der Waals surface area contributed by atoms with Gasteiger partial charge < -0.3 is 30.7 Å². The lowest BCUT2D eigenvalue weighted by Gasteiger charge is -2.39. The number of ether oxygens (including phenoxy) is 2. The highest BCUT2D eigenvalue weighted by Crippen LogP contribution is 2.30. The van der Waals surface area contributed by atoms with Gasteiger partial charge in [-0.25, -0.2) is 0 Å². The summed E-state index contributed by atoms with van der Waals surface area (Å²) in [5, 5.41) is 15.1. The van der Waals surface area contributed by atoms with Gasteiger partial charge in [0.1, 0.15) is 11.4 Å². The third-order valence-corrected chi connectivity index (χ3v) is 6.16. The average Bonchev–Trinajstić information content (AvgIpc) is 2.83. The lowest BCUT2D eigenvalue weighted by molar-refractivity contribution is -0.127. The van der Waals surface area contributed by atoms with Gasteiger partial charge in [0.05, 0.1) is 19.9 Å². The molecule has 0 bridgehead atoms. The molecule has 3 rings (SSSR count). The van der Waals surface area contributed by atoms with E-state index in [0.29, 0.717) is 31.4 Å². The molecule has 1 aromatic carbocycles. The molecule has 2 aliphatic heterocycles. The Kier molecular flexibility index (Phi) is 7.57. The van der Waals surface area contributed by atoms with Crippen molar-refractivity contribution in [2.45, 2.75) is 25.3 Å². The quantitative estimate of drug-likeness (QED) is 0.359. The Balaban J connectivity index is 1.85. The van der Waals surface area contributed by atoms with Gasteiger partial charge in [-0.05, 0) is 43.4 Å². The summed E-state index contributed by atoms with van der Waals surface area (Å²) in [6, 6.07) is 2.72. The van der Waals surface area contributed by atoms with Crippen molar-refractivity contribution in [3.63, 3.8) is 0 Å². The molecule has 33 heavy (non-hydrogen) atoms. The second-order valence-electron chi connectivity index (χ2n) is 8.02. The predicted octanol–water partition coefficient (Wildman–Crippen LogP) is 1.28. The van der Waals surface area contributed by atoms with Gasteiger partial charge in [0.15, 0.2) is 11.5 Å². The zero-order valence-electron chi connectivity index (χ0n) is 18.9. The normalized spacial score (nSPS) is 20.2. The van der Waals surface area contributed by atoms with Crippen LogP contribution in [0.1, 0.15) is 24.8 Å². The highest BCUT2D eigenvalue weighted by molar-refractivity contribution is 6.27. The Bertz CT molecular complexity index is 960. The Morgan fingerprint density at radius 1 is 1.21 bits per heavy atom. The van der Waals surface area contributed by atoms with Gasteiger partial charge in [-0.15, -0.1) is 0 Å². The molecule has 0 radical (unpaired) electrons. The second kappa shape index (κ2) is 10.4. The predicted molar refractivity (Wildman–Crippen MR) is 122 cm³/mol. The van der Waals surface area contributed by atoms with E-state index in [9.17, 15) is 14.0 Å². The Hall–Kier alpha value is -3.56. The maximum atomic E-state index is 14.3. The van der Waals surface area contributed by atoms with Crippen LogP contribution in [0.4, 0.5) is 4.39 Å². The van der Waals surface area contributed by atoms with E-state index in [4.69, 9.17) is 20.6 Å². The van der Waals surface area contributed by atoms with Gasteiger partial charge >= 0.3 is 0 Å². The standard InChI is InChI=1S/C23H30FN5O4/c1-4-18(30)29-9-6-13(7-10-29)15-5-8-27-23(28-15)19(22(26)31)21(25)14-11-16(32-2)20(24)17(12-14)33-3/h4,11-13,15,25,27-28H,1,5-10H2,2-3H3,(H2,26,31)/b23-19+,25-21?. The third-order valence-electron chi connectivity index (χ3n) is 6.16. The molecule has 1 unspecified atom stereocenters. The van der Waals surface area contributed by atoms with Crippen molar-refractivity contribution >= 4 is 17.5 Å². The number of hydrogen-bond acceptors (Lipinski definition) is 7. The number of methoxy groups -OCH3 is 2. The van der Waals surface area contributed by atoms with Crippen LogP contribution in [0.2, 0.25) is 0 Å². The largest absolute Gasteiger partial charge is 0.494 e. The SMILES string of the molecule is C=CC(=O)N1CCC(C2CCN/C(=C(/C(=N)c3cc(OC)c(F)c(OC)c3)C(N)=O)N2)CC1. The molecule has 2 saturated heterocycles. The number of nitrogens with zero attached hydrogens (tertiary/aromatic N) is 1. The monoisotopic (exact) mass is 459 g/mol. The van der Waals surface area contributed by atoms with Crippen molar-refractivity contribution in [3.05, 3.63) is 47.6 Å². The fourth-order valence-corrected chi connectivity index (χ4v) is 4.36. The maximum Gasteiger partial charge on any atom is 0.254 e. The number of benzene rings is 1. The topological polar surface area (TPSA) is 130 Å². The number of carbonyl (C=O) groups excluding carboxylic acids is 2. The van der Waals surface area contributed by atoms with Crippen molar-refractivity contribution in [2.75, 3.05) is 33.9 Å². The lowest BCUT2D eigenvalue weighted by Crippen LogP contribution is -2.51. The molecule has 1 atom stereocenters. The zero-order valence-corrected chi connectivity index (χ0v) is 18.9. The first kappa shape index (κ1) is 24.1. The van der Waals surface area contributed by atoms with Crippen LogP contribution >= 0.6 is 0 Å². The molecule has 2 amide bonds. The first-order chi connectivity index (χ1) is 15.8. The van der Waals surface area contributed by atoms with Gasteiger partial charge in [0, 0.05) is 31.2 Å². The molecule has 0 saturated carbocycles. The number of rotatable bonds is 7. The minimum Gasteiger partial charge on any atom is -0.494 e. The van der Waals surface area contributed by atoms with Gasteiger partial charge in [-0.1, -0.05) is 6.58 Å². The van der Waals surface area contributed by atoms with E-state index in [2.05, 4.69) is 17.2 Å². The van der Waals surface area contributed by atoms with Gasteiger partial charge in [0.25, 0.3) is 5.91 Å². The molecule has 0 aliphatic carbocycles. The second-order valence-corrected chi connectivity index (χ2v) is 8.02. The first-order valence-electron chi connectivity index (χ1n) is 10.8. The Morgan fingerprint density at radius 2 is 1.82 bits per heavy atom. The van der Waals surface area contributed by atoms with Crippen LogP contribution < -0.4 is 25.8 Å². The van der Waals surface area contributed by atoms with Gasteiger partial charge in [-0.2, -0.15) is 4.39 Å². The molecule has 5 N–H and O–H groups in total. The van der Waals surface area contributed by atoms with Crippen molar-refractivity contribution < 1.29 is 23.5 Å². The highest BCUT2D eigenvalue weighted by atomic mass is 19.1. The molecule has 2 aliphatic rings. The number of amides is 2. The fraction of sp³-hybridized carbons (Fsp3) is 0.435. The van der Waals surface area contributed by atoms with Gasteiger partial charge in [-0.3, -0.25) is 15.0 Å². The van der Waals surface area contributed by atoms with Crippen LogP contribution in [0.15, 0.2) is 36.2 Å². The summed E-state index contributed by atoms with van der Waals surface area (Å²) in [6.07, 6.45) is 3.79. The number of nitrogens with two attached hydrogens (primary N) is 1. The number of nitrogens with one attached hydrogen (secondary N) is 3. The third kappa shape index (κ3) is 5.10. The molecule has 0 spiro atoms. The number of halogens is 1. The summed E-state index contributed by atoms with van der Waals surface area (Å²) in [4.78, 5) is 26.0. The zero-order chi connectivity index (χ0) is 24.1. The van der Waals surface area contributed by atoms with Crippen LogP contribution in [0.3, 0.4) is 0 Å². The van der Waals surface area contributed by atoms with Crippen LogP contribution in [0.25, 0.3) is 0 Å². The summed E-state index contributed by atoms with van der Waals surface area (Å²) in [6.45, 7) is 5.43. The minimum atomic E-state index is -0.788. The maximum absolute atomic E-state index is 14.3. The summed E-state index contributed by atoms with van der Waals surface area (Å²) in [5.41, 5.74) is 5.68. The van der Waals surface area contributed by atoms with Crippen molar-refractivity contribution in [2.24, 2.45) is 11.7 Å². The highest BCUT2D eigenvalue weighted by Gasteiger charge is 2.32. The van der Waals surface area contributed by atoms with Gasteiger partial charge in [0.2, 0.25) is 11.7 Å². The average molecular weight is 460 g/mol. The molecule has 9 nitrogen and oxygen atoms in total. The molecule has 10 heteroatoms. The van der Waals surface area contributed by atoms with E-state index in [1.165, 1.54) is 32.4 Å². The molecular formula is C23H30FN5O4. The van der Waals surface area contributed by atoms with Crippen molar-refractivity contribution in [3.8, 4) is 11.5 Å². The first-order valence-corrected chi connectivity index (χ1v) is 10.8. The minimum absolute atomic E-state index is 0.0327.